The molecule has 7 heteroatoms. The third-order valence-electron chi connectivity index (χ3n) is 5.47. The molecule has 146 valence electrons. The van der Waals surface area contributed by atoms with Crippen LogP contribution in [0.5, 0.6) is 0 Å². The van der Waals surface area contributed by atoms with Gasteiger partial charge in [0.15, 0.2) is 0 Å². The van der Waals surface area contributed by atoms with Gasteiger partial charge < -0.3 is 4.42 Å². The van der Waals surface area contributed by atoms with Gasteiger partial charge in [0.05, 0.1) is 30.4 Å². The fraction of sp³-hybridized carbons (Fsp3) is 0.130. The van der Waals surface area contributed by atoms with E-state index in [9.17, 15) is 4.79 Å². The first kappa shape index (κ1) is 17.3. The van der Waals surface area contributed by atoms with Crippen LogP contribution in [0.3, 0.4) is 0 Å². The highest BCUT2D eigenvalue weighted by Gasteiger charge is 2.22. The van der Waals surface area contributed by atoms with Crippen LogP contribution in [0.2, 0.25) is 0 Å². The Labute approximate surface area is 175 Å². The van der Waals surface area contributed by atoms with Crippen LogP contribution in [-0.4, -0.2) is 31.9 Å². The van der Waals surface area contributed by atoms with Crippen LogP contribution in [0, 0.1) is 0 Å². The number of hydrazone groups is 1. The summed E-state index contributed by atoms with van der Waals surface area (Å²) < 4.78 is 14.4. The van der Waals surface area contributed by atoms with Gasteiger partial charge in [-0.2, -0.15) is 13.8 Å². The van der Waals surface area contributed by atoms with Gasteiger partial charge >= 0.3 is 0 Å². The number of carbonyl (C=O) groups excluding carboxylic acids is 1. The van der Waals surface area contributed by atoms with E-state index < -0.39 is 0 Å². The van der Waals surface area contributed by atoms with Crippen LogP contribution in [0.4, 0.5) is 0 Å². The number of fused-ring (bicyclic) bond motifs is 4. The number of benzene rings is 3. The lowest BCUT2D eigenvalue weighted by Crippen LogP contribution is -2.25. The van der Waals surface area contributed by atoms with Gasteiger partial charge in [0.25, 0.3) is 0 Å². The summed E-state index contributed by atoms with van der Waals surface area (Å²) in [5.74, 6) is -0.0117. The van der Waals surface area contributed by atoms with E-state index in [0.29, 0.717) is 13.0 Å². The normalized spacial score (nSPS) is 14.1. The molecule has 30 heavy (non-hydrogen) atoms. The van der Waals surface area contributed by atoms with Gasteiger partial charge in [-0.3, -0.25) is 4.79 Å². The van der Waals surface area contributed by atoms with E-state index in [2.05, 4.69) is 26.0 Å². The third-order valence-corrected chi connectivity index (χ3v) is 6.03. The minimum absolute atomic E-state index is 0.0117. The maximum Gasteiger partial charge on any atom is 0.247 e. The maximum absolute atomic E-state index is 12.8. The second-order valence-electron chi connectivity index (χ2n) is 7.39. The largest absolute Gasteiger partial charge is 0.456 e. The molecule has 0 saturated heterocycles. The topological polar surface area (TPSA) is 71.6 Å². The summed E-state index contributed by atoms with van der Waals surface area (Å²) in [7, 11) is 0. The van der Waals surface area contributed by atoms with Crippen LogP contribution in [0.25, 0.3) is 33.0 Å². The Bertz CT molecular complexity index is 1470. The molecule has 0 bridgehead atoms. The molecular weight excluding hydrogens is 396 g/mol. The van der Waals surface area contributed by atoms with Gasteiger partial charge in [-0.1, -0.05) is 24.3 Å². The smallest absolute Gasteiger partial charge is 0.247 e. The van der Waals surface area contributed by atoms with Gasteiger partial charge in [0.1, 0.15) is 22.2 Å². The van der Waals surface area contributed by atoms with Crippen molar-refractivity contribution in [2.45, 2.75) is 12.8 Å². The van der Waals surface area contributed by atoms with Crippen LogP contribution in [0.15, 0.2) is 70.2 Å². The van der Waals surface area contributed by atoms with Gasteiger partial charge in [-0.05, 0) is 47.5 Å². The number of carbonyl (C=O) groups is 1. The number of aromatic nitrogens is 2. The summed E-state index contributed by atoms with van der Waals surface area (Å²) in [6, 6.07) is 19.9. The van der Waals surface area contributed by atoms with Gasteiger partial charge in [0, 0.05) is 17.2 Å². The van der Waals surface area contributed by atoms with Crippen LogP contribution in [0.1, 0.15) is 17.5 Å². The molecule has 3 aromatic carbocycles. The number of rotatable bonds is 3. The highest BCUT2D eigenvalue weighted by atomic mass is 32.1. The molecule has 3 heterocycles. The van der Waals surface area contributed by atoms with Crippen molar-refractivity contribution >= 4 is 56.3 Å². The van der Waals surface area contributed by atoms with E-state index in [0.717, 1.165) is 56.2 Å². The summed E-state index contributed by atoms with van der Waals surface area (Å²) in [5, 5.41) is 8.36. The van der Waals surface area contributed by atoms with Crippen LogP contribution in [-0.2, 0) is 11.2 Å². The predicted octanol–water partition coefficient (Wildman–Crippen LogP) is 4.77. The average Bonchev–Trinajstić information content (AvgIpc) is 3.50. The highest BCUT2D eigenvalue weighted by Crippen LogP contribution is 2.30. The summed E-state index contributed by atoms with van der Waals surface area (Å²) in [6.45, 7) is 0.596. The van der Waals surface area contributed by atoms with Gasteiger partial charge in [0.2, 0.25) is 5.91 Å². The zero-order chi connectivity index (χ0) is 20.1. The van der Waals surface area contributed by atoms with Crippen LogP contribution >= 0.6 is 11.7 Å². The molecule has 0 radical (unpaired) electrons. The molecule has 0 aliphatic carbocycles. The van der Waals surface area contributed by atoms with Crippen molar-refractivity contribution in [3.05, 3.63) is 71.8 Å². The Morgan fingerprint density at radius 1 is 0.967 bits per heavy atom. The Morgan fingerprint density at radius 2 is 1.83 bits per heavy atom. The molecule has 0 atom stereocenters. The Balaban J connectivity index is 1.27. The van der Waals surface area contributed by atoms with E-state index in [1.165, 1.54) is 11.7 Å². The van der Waals surface area contributed by atoms with Crippen molar-refractivity contribution in [1.29, 1.82) is 0 Å². The number of amides is 1. The lowest BCUT2D eigenvalue weighted by molar-refractivity contribution is -0.130. The number of hydrogen-bond donors (Lipinski definition) is 0. The number of nitrogens with zero attached hydrogens (tertiary/aromatic N) is 4. The fourth-order valence-corrected chi connectivity index (χ4v) is 4.47. The second kappa shape index (κ2) is 6.74. The molecule has 1 aliphatic heterocycles. The predicted molar refractivity (Wildman–Crippen MR) is 118 cm³/mol. The average molecular weight is 412 g/mol. The third kappa shape index (κ3) is 2.86. The number of hydrogen-bond acceptors (Lipinski definition) is 6. The molecule has 2 aromatic heterocycles. The molecule has 0 spiro atoms. The zero-order valence-electron chi connectivity index (χ0n) is 15.9. The first-order valence-corrected chi connectivity index (χ1v) is 10.5. The molecule has 5 aromatic rings. The molecule has 0 unspecified atom stereocenters. The van der Waals surface area contributed by atoms with E-state index in [1.807, 2.05) is 48.5 Å². The van der Waals surface area contributed by atoms with Crippen molar-refractivity contribution in [3.8, 4) is 0 Å². The van der Waals surface area contributed by atoms with Crippen molar-refractivity contribution in [2.75, 3.05) is 6.54 Å². The van der Waals surface area contributed by atoms with Gasteiger partial charge in [-0.15, -0.1) is 0 Å². The molecular formula is C23H16N4O2S. The minimum Gasteiger partial charge on any atom is -0.456 e. The van der Waals surface area contributed by atoms with Gasteiger partial charge in [-0.25, -0.2) is 5.01 Å². The van der Waals surface area contributed by atoms with E-state index in [-0.39, 0.29) is 5.91 Å². The number of para-hydroxylation sites is 1. The fourth-order valence-electron chi connectivity index (χ4n) is 3.95. The maximum atomic E-state index is 12.8. The number of furan rings is 1. The van der Waals surface area contributed by atoms with Crippen LogP contribution < -0.4 is 0 Å². The summed E-state index contributed by atoms with van der Waals surface area (Å²) in [6.07, 6.45) is 1.04. The van der Waals surface area contributed by atoms with Crippen molar-refractivity contribution in [2.24, 2.45) is 5.10 Å². The summed E-state index contributed by atoms with van der Waals surface area (Å²) in [5.41, 5.74) is 6.31. The molecule has 1 aliphatic rings. The van der Waals surface area contributed by atoms with Crippen molar-refractivity contribution in [3.63, 3.8) is 0 Å². The lowest BCUT2D eigenvalue weighted by Gasteiger charge is -2.11. The summed E-state index contributed by atoms with van der Waals surface area (Å²) in [4.78, 5) is 12.8. The SMILES string of the molecule is O=C(Cc1ccc2nsnc2c1)N1CCC(c2ccc3oc4ccccc4c3c2)=N1. The second-order valence-corrected chi connectivity index (χ2v) is 7.92. The Kier molecular flexibility index (Phi) is 3.89. The van der Waals surface area contributed by atoms with E-state index >= 15 is 0 Å². The first-order chi connectivity index (χ1) is 14.7. The monoisotopic (exact) mass is 412 g/mol. The zero-order valence-corrected chi connectivity index (χ0v) is 16.7. The van der Waals surface area contributed by atoms with E-state index in [1.54, 1.807) is 5.01 Å². The molecule has 0 saturated carbocycles. The highest BCUT2D eigenvalue weighted by molar-refractivity contribution is 7.00. The standard InChI is InChI=1S/C23H16N4O2S/c28-23(12-14-5-7-19-20(11-14)26-30-25-19)27-10-9-18(24-27)15-6-8-22-17(13-15)16-3-1-2-4-21(16)29-22/h1-8,11,13H,9-10,12H2. The molecule has 6 rings (SSSR count). The Hall–Kier alpha value is -3.58. The molecule has 1 amide bonds. The minimum atomic E-state index is -0.0117. The van der Waals surface area contributed by atoms with Crippen molar-refractivity contribution in [1.82, 2.24) is 13.8 Å². The summed E-state index contributed by atoms with van der Waals surface area (Å²) >= 11 is 1.18. The molecule has 0 N–H and O–H groups in total. The van der Waals surface area contributed by atoms with E-state index in [4.69, 9.17) is 4.42 Å². The Morgan fingerprint density at radius 3 is 2.80 bits per heavy atom. The first-order valence-electron chi connectivity index (χ1n) is 9.75. The lowest BCUT2D eigenvalue weighted by atomic mass is 10.0. The molecule has 0 fully saturated rings. The van der Waals surface area contributed by atoms with Crippen molar-refractivity contribution < 1.29 is 9.21 Å². The quantitative estimate of drug-likeness (QED) is 0.428. The molecule has 6 nitrogen and oxygen atoms in total.